The summed E-state index contributed by atoms with van der Waals surface area (Å²) in [5.74, 6) is 0. The average molecular weight is 646 g/mol. The molecule has 0 radical (unpaired) electrons. The van der Waals surface area contributed by atoms with Crippen LogP contribution in [0, 0.1) is 7.43 Å². The van der Waals surface area contributed by atoms with Crippen molar-refractivity contribution in [2.24, 2.45) is 0 Å². The van der Waals surface area contributed by atoms with Gasteiger partial charge < -0.3 is 0 Å². The quantitative estimate of drug-likeness (QED) is 0.220. The van der Waals surface area contributed by atoms with Crippen LogP contribution >= 0.6 is 0 Å². The van der Waals surface area contributed by atoms with E-state index in [0.29, 0.717) is 0 Å². The first-order chi connectivity index (χ1) is 10.0. The summed E-state index contributed by atoms with van der Waals surface area (Å²) in [4.78, 5) is 0. The normalized spacial score (nSPS) is 10.6. The minimum absolute atomic E-state index is 0. The summed E-state index contributed by atoms with van der Waals surface area (Å²) < 4.78 is 172. The van der Waals surface area contributed by atoms with Crippen molar-refractivity contribution in [1.82, 2.24) is 0 Å². The second-order valence-corrected chi connectivity index (χ2v) is 7.79. The maximum atomic E-state index is 8.58. The zero-order chi connectivity index (χ0) is 22.5. The molecular formula is CKMn5O20. The molecule has 0 fully saturated rings. The van der Waals surface area contributed by atoms with E-state index in [9.17, 15) is 0 Å². The van der Waals surface area contributed by atoms with E-state index in [4.69, 9.17) is 78.5 Å². The Morgan fingerprint density at radius 2 is 0.296 bits per heavy atom. The van der Waals surface area contributed by atoms with Gasteiger partial charge in [-0.05, 0) is 0 Å². The Morgan fingerprint density at radius 1 is 0.296 bits per heavy atom. The zero-order valence-corrected chi connectivity index (χ0v) is 20.6. The first-order valence-corrected chi connectivity index (χ1v) is 12.7. The van der Waals surface area contributed by atoms with Gasteiger partial charge in [0.2, 0.25) is 0 Å². The summed E-state index contributed by atoms with van der Waals surface area (Å²) in [6, 6.07) is 0. The number of hydrogen-bond donors (Lipinski definition) is 0. The van der Waals surface area contributed by atoms with Crippen LogP contribution in [0.15, 0.2) is 0 Å². The van der Waals surface area contributed by atoms with Gasteiger partial charge in [-0.1, -0.05) is 0 Å². The van der Waals surface area contributed by atoms with Crippen molar-refractivity contribution in [3.63, 3.8) is 0 Å². The summed E-state index contributed by atoms with van der Waals surface area (Å²) >= 11 is -28.1. The molecule has 0 aromatic rings. The predicted octanol–water partition coefficient (Wildman–Crippen LogP) is -10.7. The van der Waals surface area contributed by atoms with Crippen LogP contribution in [-0.4, -0.2) is 0 Å². The maximum absolute atomic E-state index is 8.58. The molecule has 0 amide bonds. The van der Waals surface area contributed by atoms with Gasteiger partial charge in [-0.25, -0.2) is 0 Å². The fourth-order valence-electron chi connectivity index (χ4n) is 0. The van der Waals surface area contributed by atoms with Crippen LogP contribution in [0.2, 0.25) is 0 Å². The van der Waals surface area contributed by atoms with Crippen LogP contribution < -0.4 is 72.3 Å². The molecule has 0 aromatic carbocycles. The molecule has 0 saturated carbocycles. The van der Waals surface area contributed by atoms with Crippen LogP contribution in [-0.2, 0) is 122 Å². The molecule has 0 aliphatic rings. The third-order valence-electron chi connectivity index (χ3n) is 0. The number of rotatable bonds is 0. The van der Waals surface area contributed by atoms with Crippen LogP contribution in [0.3, 0.4) is 0 Å². The predicted molar refractivity (Wildman–Crippen MR) is 13.5 cm³/mol. The Morgan fingerprint density at radius 3 is 0.296 bits per heavy atom. The number of hydrogen-bond acceptors (Lipinski definition) is 20. The molecule has 0 atom stereocenters. The molecule has 0 aliphatic carbocycles. The van der Waals surface area contributed by atoms with Gasteiger partial charge in [0.1, 0.15) is 0 Å². The Bertz CT molecular complexity index is 880. The van der Waals surface area contributed by atoms with E-state index in [0.717, 1.165) is 0 Å². The molecule has 0 rings (SSSR count). The fraction of sp³-hybridized carbons (Fsp3) is 0. The molecule has 0 bridgehead atoms. The van der Waals surface area contributed by atoms with Gasteiger partial charge >= 0.3 is 202 Å². The van der Waals surface area contributed by atoms with Crippen LogP contribution in [0.5, 0.6) is 0 Å². The van der Waals surface area contributed by atoms with Gasteiger partial charge in [-0.2, -0.15) is 0 Å². The Hall–Kier alpha value is 1.03. The van der Waals surface area contributed by atoms with Crippen molar-refractivity contribution in [2.45, 2.75) is 0 Å². The third-order valence-corrected chi connectivity index (χ3v) is 0. The monoisotopic (exact) mass is 646 g/mol. The van der Waals surface area contributed by atoms with Crippen LogP contribution in [0.1, 0.15) is 0 Å². The minimum atomic E-state index is -5.62. The van der Waals surface area contributed by atoms with Gasteiger partial charge in [-0.15, -0.1) is 0 Å². The van der Waals surface area contributed by atoms with Crippen molar-refractivity contribution < 1.29 is 195 Å². The second-order valence-electron chi connectivity index (χ2n) is 1.89. The fourth-order valence-corrected chi connectivity index (χ4v) is 0. The summed E-state index contributed by atoms with van der Waals surface area (Å²) in [5.41, 5.74) is 0. The molecule has 0 unspecified atom stereocenters. The van der Waals surface area contributed by atoms with Gasteiger partial charge in [-0.3, -0.25) is 0 Å². The average Bonchev–Trinajstić information content (AvgIpc) is 1.79. The first-order valence-electron chi connectivity index (χ1n) is 3.09. The molecule has 0 spiro atoms. The van der Waals surface area contributed by atoms with Crippen molar-refractivity contribution in [3.8, 4) is 0 Å². The molecule has 0 N–H and O–H groups in total. The van der Waals surface area contributed by atoms with Crippen LogP contribution in [0.25, 0.3) is 0 Å². The second kappa shape index (κ2) is 19.0. The Labute approximate surface area is 199 Å². The SMILES string of the molecule is [C+4].[K+].[O]=[Mn](=[O])(=[O])[O-].[O]=[Mn](=[O])(=[O])[O-].[O]=[Mn](=[O])(=[O])[O-].[O]=[Mn](=[O])(=[O])[O-].[O]=[Mn](=[O])(=[O])[O-]. The summed E-state index contributed by atoms with van der Waals surface area (Å²) in [6.07, 6.45) is 0. The molecular weight excluding hydrogens is 646 g/mol. The molecule has 20 nitrogen and oxygen atoms in total. The van der Waals surface area contributed by atoms with Gasteiger partial charge in [0.15, 0.2) is 0 Å². The zero-order valence-electron chi connectivity index (χ0n) is 11.6. The molecule has 0 saturated heterocycles. The molecule has 0 aromatic heterocycles. The van der Waals surface area contributed by atoms with Crippen molar-refractivity contribution in [3.05, 3.63) is 7.43 Å². The molecule has 0 heterocycles. The Balaban J connectivity index is -0.0000000364. The molecule has 27 heavy (non-hydrogen) atoms. The Kier molecular flexibility index (Phi) is 32.6. The van der Waals surface area contributed by atoms with Gasteiger partial charge in [0.05, 0.1) is 0 Å². The van der Waals surface area contributed by atoms with E-state index in [-0.39, 0.29) is 58.8 Å². The topological polar surface area (TPSA) is 371 Å². The van der Waals surface area contributed by atoms with E-state index < -0.39 is 64.9 Å². The van der Waals surface area contributed by atoms with Gasteiger partial charge in [0, 0.05) is 0 Å². The van der Waals surface area contributed by atoms with Crippen molar-refractivity contribution in [1.29, 1.82) is 0 Å². The summed E-state index contributed by atoms with van der Waals surface area (Å²) in [5, 5.41) is 0. The summed E-state index contributed by atoms with van der Waals surface area (Å²) in [7, 11) is 0. The standard InChI is InChI=1S/C.K.5Mn.20O/q+4;+1;;;;;;;;;;;;;;;;;;;;;5*-1. The first kappa shape index (κ1) is 46.3. The van der Waals surface area contributed by atoms with E-state index >= 15 is 0 Å². The third kappa shape index (κ3) is 15900. The van der Waals surface area contributed by atoms with Gasteiger partial charge in [0.25, 0.3) is 0 Å². The molecule has 0 aliphatic heterocycles. The van der Waals surface area contributed by atoms with Crippen molar-refractivity contribution >= 4 is 0 Å². The van der Waals surface area contributed by atoms with E-state index in [2.05, 4.69) is 0 Å². The molecule has 160 valence electrons. The van der Waals surface area contributed by atoms with Crippen LogP contribution in [0.4, 0.5) is 0 Å². The van der Waals surface area contributed by atoms with Crippen molar-refractivity contribution in [2.75, 3.05) is 0 Å². The van der Waals surface area contributed by atoms with E-state index in [1.54, 1.807) is 0 Å². The van der Waals surface area contributed by atoms with E-state index in [1.165, 1.54) is 0 Å². The summed E-state index contributed by atoms with van der Waals surface area (Å²) in [6.45, 7) is 0. The molecule has 26 heteroatoms. The van der Waals surface area contributed by atoms with E-state index in [1.807, 2.05) is 0 Å².